The van der Waals surface area contributed by atoms with Crippen LogP contribution >= 0.6 is 0 Å². The van der Waals surface area contributed by atoms with Gasteiger partial charge in [0.25, 0.3) is 0 Å². The van der Waals surface area contributed by atoms with Gasteiger partial charge in [0.1, 0.15) is 5.75 Å². The lowest BCUT2D eigenvalue weighted by molar-refractivity contribution is 0.166. The van der Waals surface area contributed by atoms with E-state index < -0.39 is 0 Å². The number of hydrogen-bond donors (Lipinski definition) is 0. The lowest BCUT2D eigenvalue weighted by Crippen LogP contribution is -2.23. The molecule has 0 aliphatic rings. The van der Waals surface area contributed by atoms with Gasteiger partial charge in [-0.1, -0.05) is 72.9 Å². The van der Waals surface area contributed by atoms with E-state index in [9.17, 15) is 0 Å². The molecule has 0 N–H and O–H groups in total. The molecule has 0 aliphatic carbocycles. The Labute approximate surface area is 162 Å². The van der Waals surface area contributed by atoms with Crippen molar-refractivity contribution < 1.29 is 4.74 Å². The fourth-order valence-corrected chi connectivity index (χ4v) is 2.86. The molecule has 0 saturated carbocycles. The largest absolute Gasteiger partial charge is 0.489 e. The summed E-state index contributed by atoms with van der Waals surface area (Å²) >= 11 is 0. The van der Waals surface area contributed by atoms with Crippen molar-refractivity contribution in [1.29, 1.82) is 0 Å². The molecule has 2 nitrogen and oxygen atoms in total. The third kappa shape index (κ3) is 6.78. The van der Waals surface area contributed by atoms with E-state index in [0.29, 0.717) is 12.0 Å². The summed E-state index contributed by atoms with van der Waals surface area (Å²) in [6, 6.07) is 4.78. The Kier molecular flexibility index (Phi) is 8.86. The van der Waals surface area contributed by atoms with E-state index in [-0.39, 0.29) is 11.5 Å². The SMILES string of the molecule is CCCCCC(C)/N=C/c1c(C)ccc(C(C)(C)C)c1OC(C)C(C)C. The summed E-state index contributed by atoms with van der Waals surface area (Å²) in [5, 5.41) is 0. The predicted octanol–water partition coefficient (Wildman–Crippen LogP) is 7.10. The first-order valence-corrected chi connectivity index (χ1v) is 10.4. The van der Waals surface area contributed by atoms with Gasteiger partial charge in [0.05, 0.1) is 6.10 Å². The maximum Gasteiger partial charge on any atom is 0.132 e. The van der Waals surface area contributed by atoms with Crippen molar-refractivity contribution >= 4 is 6.21 Å². The van der Waals surface area contributed by atoms with Crippen LogP contribution in [-0.2, 0) is 5.41 Å². The Hall–Kier alpha value is -1.31. The average molecular weight is 360 g/mol. The Balaban J connectivity index is 3.23. The quantitative estimate of drug-likeness (QED) is 0.340. The van der Waals surface area contributed by atoms with Crippen molar-refractivity contribution in [3.05, 3.63) is 28.8 Å². The summed E-state index contributed by atoms with van der Waals surface area (Å²) in [4.78, 5) is 4.86. The van der Waals surface area contributed by atoms with Crippen molar-refractivity contribution in [2.45, 2.75) is 106 Å². The summed E-state index contributed by atoms with van der Waals surface area (Å²) in [7, 11) is 0. The fraction of sp³-hybridized carbons (Fsp3) is 0.708. The van der Waals surface area contributed by atoms with Gasteiger partial charge in [0.15, 0.2) is 0 Å². The Morgan fingerprint density at radius 2 is 1.73 bits per heavy atom. The summed E-state index contributed by atoms with van der Waals surface area (Å²) < 4.78 is 6.48. The molecular weight excluding hydrogens is 318 g/mol. The van der Waals surface area contributed by atoms with Crippen LogP contribution in [0.2, 0.25) is 0 Å². The number of aliphatic imine (C=N–C) groups is 1. The molecule has 2 heteroatoms. The van der Waals surface area contributed by atoms with Crippen LogP contribution in [0.25, 0.3) is 0 Å². The van der Waals surface area contributed by atoms with Gasteiger partial charge < -0.3 is 4.74 Å². The van der Waals surface area contributed by atoms with Crippen LogP contribution < -0.4 is 4.74 Å². The molecule has 2 unspecified atom stereocenters. The number of unbranched alkanes of at least 4 members (excludes halogenated alkanes) is 2. The van der Waals surface area contributed by atoms with Gasteiger partial charge >= 0.3 is 0 Å². The molecule has 26 heavy (non-hydrogen) atoms. The minimum Gasteiger partial charge on any atom is -0.489 e. The highest BCUT2D eigenvalue weighted by molar-refractivity contribution is 5.86. The van der Waals surface area contributed by atoms with E-state index in [1.165, 1.54) is 30.4 Å². The molecule has 0 radical (unpaired) electrons. The second-order valence-corrected chi connectivity index (χ2v) is 9.11. The van der Waals surface area contributed by atoms with Crippen molar-refractivity contribution in [3.8, 4) is 5.75 Å². The highest BCUT2D eigenvalue weighted by atomic mass is 16.5. The van der Waals surface area contributed by atoms with E-state index in [4.69, 9.17) is 9.73 Å². The van der Waals surface area contributed by atoms with Crippen LogP contribution in [0.4, 0.5) is 0 Å². The third-order valence-electron chi connectivity index (χ3n) is 5.15. The van der Waals surface area contributed by atoms with Crippen molar-refractivity contribution in [2.24, 2.45) is 10.9 Å². The van der Waals surface area contributed by atoms with E-state index in [2.05, 4.69) is 80.7 Å². The number of nitrogens with zero attached hydrogens (tertiary/aromatic N) is 1. The molecular formula is C24H41NO. The predicted molar refractivity (Wildman–Crippen MR) is 116 cm³/mol. The van der Waals surface area contributed by atoms with Gasteiger partial charge in [-0.05, 0) is 44.1 Å². The second kappa shape index (κ2) is 10.1. The molecule has 0 amide bonds. The number of ether oxygens (including phenoxy) is 1. The minimum atomic E-state index is 0.0368. The van der Waals surface area contributed by atoms with E-state index in [1.807, 2.05) is 0 Å². The molecule has 2 atom stereocenters. The lowest BCUT2D eigenvalue weighted by Gasteiger charge is -2.28. The van der Waals surface area contributed by atoms with E-state index in [1.54, 1.807) is 0 Å². The Morgan fingerprint density at radius 1 is 1.08 bits per heavy atom. The summed E-state index contributed by atoms with van der Waals surface area (Å²) in [6.45, 7) is 19.9. The molecule has 0 saturated heterocycles. The van der Waals surface area contributed by atoms with E-state index in [0.717, 1.165) is 17.7 Å². The summed E-state index contributed by atoms with van der Waals surface area (Å²) in [5.41, 5.74) is 3.67. The molecule has 0 bridgehead atoms. The summed E-state index contributed by atoms with van der Waals surface area (Å²) in [6.07, 6.45) is 7.19. The molecule has 0 spiro atoms. The molecule has 0 aromatic heterocycles. The van der Waals surface area contributed by atoms with Crippen LogP contribution in [0.15, 0.2) is 17.1 Å². The van der Waals surface area contributed by atoms with Crippen molar-refractivity contribution in [1.82, 2.24) is 0 Å². The topological polar surface area (TPSA) is 21.6 Å². The molecule has 1 aromatic rings. The zero-order chi connectivity index (χ0) is 19.9. The second-order valence-electron chi connectivity index (χ2n) is 9.11. The van der Waals surface area contributed by atoms with Gasteiger partial charge in [-0.15, -0.1) is 0 Å². The van der Waals surface area contributed by atoms with Crippen LogP contribution in [0, 0.1) is 12.8 Å². The Morgan fingerprint density at radius 3 is 2.27 bits per heavy atom. The van der Waals surface area contributed by atoms with Crippen LogP contribution in [0.3, 0.4) is 0 Å². The number of rotatable bonds is 9. The molecule has 148 valence electrons. The van der Waals surface area contributed by atoms with Crippen LogP contribution in [0.1, 0.15) is 97.8 Å². The summed E-state index contributed by atoms with van der Waals surface area (Å²) in [5.74, 6) is 1.49. The maximum atomic E-state index is 6.48. The van der Waals surface area contributed by atoms with Gasteiger partial charge in [0.2, 0.25) is 0 Å². The monoisotopic (exact) mass is 359 g/mol. The zero-order valence-corrected chi connectivity index (χ0v) is 18.6. The van der Waals surface area contributed by atoms with Crippen molar-refractivity contribution in [2.75, 3.05) is 0 Å². The third-order valence-corrected chi connectivity index (χ3v) is 5.15. The smallest absolute Gasteiger partial charge is 0.132 e. The highest BCUT2D eigenvalue weighted by Gasteiger charge is 2.24. The first kappa shape index (κ1) is 22.7. The number of aryl methyl sites for hydroxylation is 1. The average Bonchev–Trinajstić information content (AvgIpc) is 2.53. The Bertz CT molecular complexity index is 581. The van der Waals surface area contributed by atoms with Gasteiger partial charge in [-0.3, -0.25) is 4.99 Å². The van der Waals surface area contributed by atoms with Crippen LogP contribution in [0.5, 0.6) is 5.75 Å². The normalized spacial score (nSPS) is 14.8. The molecule has 0 heterocycles. The number of benzene rings is 1. The first-order valence-electron chi connectivity index (χ1n) is 10.4. The van der Waals surface area contributed by atoms with E-state index >= 15 is 0 Å². The number of hydrogen-bond acceptors (Lipinski definition) is 2. The molecule has 0 aliphatic heterocycles. The molecule has 1 rings (SSSR count). The van der Waals surface area contributed by atoms with Gasteiger partial charge in [-0.25, -0.2) is 0 Å². The van der Waals surface area contributed by atoms with Gasteiger partial charge in [-0.2, -0.15) is 0 Å². The van der Waals surface area contributed by atoms with Crippen LogP contribution in [-0.4, -0.2) is 18.4 Å². The standard InChI is InChI=1S/C24H41NO/c1-10-11-12-13-19(5)25-16-21-18(4)14-15-22(24(7,8)9)23(21)26-20(6)17(2)3/h14-17,19-20H,10-13H2,1-9H3/b25-16+. The van der Waals surface area contributed by atoms with Crippen molar-refractivity contribution in [3.63, 3.8) is 0 Å². The fourth-order valence-electron chi connectivity index (χ4n) is 2.86. The van der Waals surface area contributed by atoms with Gasteiger partial charge in [0, 0.05) is 23.4 Å². The molecule has 1 aromatic carbocycles. The maximum absolute atomic E-state index is 6.48. The zero-order valence-electron chi connectivity index (χ0n) is 18.6. The minimum absolute atomic E-state index is 0.0368. The lowest BCUT2D eigenvalue weighted by atomic mass is 9.84. The first-order chi connectivity index (χ1) is 12.1. The molecule has 0 fully saturated rings. The highest BCUT2D eigenvalue weighted by Crippen LogP contribution is 2.36.